The fourth-order valence-electron chi connectivity index (χ4n) is 2.11. The summed E-state index contributed by atoms with van der Waals surface area (Å²) in [5, 5.41) is 9.53. The molecule has 0 amide bonds. The molecule has 0 radical (unpaired) electrons. The molecule has 0 spiro atoms. The van der Waals surface area contributed by atoms with E-state index >= 15 is 0 Å². The van der Waals surface area contributed by atoms with E-state index in [-0.39, 0.29) is 6.10 Å². The van der Waals surface area contributed by atoms with Crippen molar-refractivity contribution in [1.82, 2.24) is 9.97 Å². The normalized spacial score (nSPS) is 20.4. The Morgan fingerprint density at radius 3 is 3.00 bits per heavy atom. The van der Waals surface area contributed by atoms with E-state index in [1.54, 1.807) is 0 Å². The molecule has 1 atom stereocenters. The second-order valence-corrected chi connectivity index (χ2v) is 4.20. The number of anilines is 2. The number of rotatable bonds is 3. The number of hydrogen-bond acceptors (Lipinski definition) is 5. The smallest absolute Gasteiger partial charge is 0.137 e. The van der Waals surface area contributed by atoms with Crippen molar-refractivity contribution < 1.29 is 5.11 Å². The van der Waals surface area contributed by atoms with Gasteiger partial charge in [-0.3, -0.25) is 0 Å². The zero-order valence-electron chi connectivity index (χ0n) is 9.56. The van der Waals surface area contributed by atoms with E-state index in [0.717, 1.165) is 37.2 Å². The molecule has 0 saturated carbocycles. The van der Waals surface area contributed by atoms with Crippen LogP contribution in [0.3, 0.4) is 0 Å². The maximum absolute atomic E-state index is 9.53. The molecule has 1 aromatic heterocycles. The third kappa shape index (κ3) is 2.09. The first-order valence-electron chi connectivity index (χ1n) is 5.74. The molecule has 1 fully saturated rings. The van der Waals surface area contributed by atoms with Gasteiger partial charge < -0.3 is 15.7 Å². The van der Waals surface area contributed by atoms with Gasteiger partial charge in [-0.2, -0.15) is 0 Å². The van der Waals surface area contributed by atoms with Gasteiger partial charge in [0.05, 0.1) is 6.10 Å². The summed E-state index contributed by atoms with van der Waals surface area (Å²) in [7, 11) is 0. The molecule has 16 heavy (non-hydrogen) atoms. The van der Waals surface area contributed by atoms with E-state index in [4.69, 9.17) is 5.73 Å². The largest absolute Gasteiger partial charge is 0.391 e. The zero-order chi connectivity index (χ0) is 11.5. The molecular formula is C11H18N4O. The van der Waals surface area contributed by atoms with Crippen LogP contribution in [0.2, 0.25) is 0 Å². The van der Waals surface area contributed by atoms with Crippen LogP contribution in [0.1, 0.15) is 25.3 Å². The predicted molar refractivity (Wildman–Crippen MR) is 63.3 cm³/mol. The van der Waals surface area contributed by atoms with Crippen molar-refractivity contribution in [2.45, 2.75) is 32.3 Å². The van der Waals surface area contributed by atoms with Crippen LogP contribution in [-0.4, -0.2) is 34.3 Å². The molecule has 1 unspecified atom stereocenters. The van der Waals surface area contributed by atoms with Gasteiger partial charge in [0.2, 0.25) is 0 Å². The average Bonchev–Trinajstić information content (AvgIpc) is 2.68. The van der Waals surface area contributed by atoms with Crippen molar-refractivity contribution in [2.24, 2.45) is 0 Å². The molecule has 5 heteroatoms. The average molecular weight is 222 g/mol. The van der Waals surface area contributed by atoms with E-state index in [1.165, 1.54) is 6.33 Å². The highest BCUT2D eigenvalue weighted by Crippen LogP contribution is 2.26. The highest BCUT2D eigenvalue weighted by Gasteiger charge is 2.24. The van der Waals surface area contributed by atoms with Crippen LogP contribution in [0, 0.1) is 0 Å². The minimum Gasteiger partial charge on any atom is -0.391 e. The fraction of sp³-hybridized carbons (Fsp3) is 0.636. The molecule has 2 rings (SSSR count). The van der Waals surface area contributed by atoms with Crippen LogP contribution >= 0.6 is 0 Å². The van der Waals surface area contributed by atoms with E-state index in [9.17, 15) is 5.11 Å². The molecule has 0 aromatic carbocycles. The highest BCUT2D eigenvalue weighted by molar-refractivity contribution is 5.57. The van der Waals surface area contributed by atoms with E-state index < -0.39 is 0 Å². The van der Waals surface area contributed by atoms with E-state index in [1.807, 2.05) is 0 Å². The second kappa shape index (κ2) is 4.65. The summed E-state index contributed by atoms with van der Waals surface area (Å²) in [6.45, 7) is 3.59. The first-order valence-corrected chi connectivity index (χ1v) is 5.74. The lowest BCUT2D eigenvalue weighted by molar-refractivity contribution is 0.198. The molecule has 1 aliphatic heterocycles. The maximum atomic E-state index is 9.53. The number of nitrogen functional groups attached to an aromatic ring is 1. The van der Waals surface area contributed by atoms with Crippen LogP contribution in [-0.2, 0) is 6.42 Å². The Bertz CT molecular complexity index is 369. The van der Waals surface area contributed by atoms with E-state index in [0.29, 0.717) is 12.4 Å². The molecule has 1 aliphatic rings. The third-order valence-corrected chi connectivity index (χ3v) is 2.92. The summed E-state index contributed by atoms with van der Waals surface area (Å²) in [6, 6.07) is 0. The summed E-state index contributed by atoms with van der Waals surface area (Å²) in [5.41, 5.74) is 6.88. The number of aliphatic hydroxyl groups is 1. The lowest BCUT2D eigenvalue weighted by atomic mass is 10.1. The van der Waals surface area contributed by atoms with Crippen LogP contribution in [0.5, 0.6) is 0 Å². The van der Waals surface area contributed by atoms with Gasteiger partial charge in [-0.05, 0) is 12.8 Å². The Labute approximate surface area is 95.3 Å². The summed E-state index contributed by atoms with van der Waals surface area (Å²) >= 11 is 0. The van der Waals surface area contributed by atoms with Gasteiger partial charge in [-0.1, -0.05) is 13.3 Å². The third-order valence-electron chi connectivity index (χ3n) is 2.92. The lowest BCUT2D eigenvalue weighted by Crippen LogP contribution is -2.24. The standard InChI is InChI=1S/C11H18N4O/c1-2-3-9-10(12)13-7-14-11(9)15-5-4-8(16)6-15/h7-8,16H,2-6H2,1H3,(H2,12,13,14). The number of aromatic nitrogens is 2. The van der Waals surface area contributed by atoms with Gasteiger partial charge in [0.1, 0.15) is 18.0 Å². The van der Waals surface area contributed by atoms with Crippen molar-refractivity contribution in [1.29, 1.82) is 0 Å². The Balaban J connectivity index is 2.28. The molecule has 1 saturated heterocycles. The Morgan fingerprint density at radius 1 is 1.56 bits per heavy atom. The number of β-amino-alcohol motifs (C(OH)–C–C–N with tert-alkyl or cyclic N) is 1. The molecule has 88 valence electrons. The predicted octanol–water partition coefficient (Wildman–Crippen LogP) is 0.582. The molecule has 2 heterocycles. The highest BCUT2D eigenvalue weighted by atomic mass is 16.3. The van der Waals surface area contributed by atoms with Gasteiger partial charge in [-0.25, -0.2) is 9.97 Å². The number of aliphatic hydroxyl groups excluding tert-OH is 1. The monoisotopic (exact) mass is 222 g/mol. The molecule has 0 aliphatic carbocycles. The fourth-order valence-corrected chi connectivity index (χ4v) is 2.11. The summed E-state index contributed by atoms with van der Waals surface area (Å²) in [4.78, 5) is 10.4. The Hall–Kier alpha value is -1.36. The molecule has 3 N–H and O–H groups in total. The molecule has 0 bridgehead atoms. The molecule has 1 aromatic rings. The Kier molecular flexibility index (Phi) is 3.24. The van der Waals surface area contributed by atoms with E-state index in [2.05, 4.69) is 21.8 Å². The van der Waals surface area contributed by atoms with Crippen LogP contribution in [0.4, 0.5) is 11.6 Å². The number of nitrogens with two attached hydrogens (primary N) is 1. The van der Waals surface area contributed by atoms with Crippen molar-refractivity contribution in [3.8, 4) is 0 Å². The van der Waals surface area contributed by atoms with Crippen LogP contribution < -0.4 is 10.6 Å². The molecule has 5 nitrogen and oxygen atoms in total. The number of hydrogen-bond donors (Lipinski definition) is 2. The van der Waals surface area contributed by atoms with Crippen LogP contribution in [0.15, 0.2) is 6.33 Å². The summed E-state index contributed by atoms with van der Waals surface area (Å²) < 4.78 is 0. The second-order valence-electron chi connectivity index (χ2n) is 4.20. The summed E-state index contributed by atoms with van der Waals surface area (Å²) in [5.74, 6) is 1.46. The minimum atomic E-state index is -0.245. The van der Waals surface area contributed by atoms with Gasteiger partial charge in [0, 0.05) is 18.7 Å². The quantitative estimate of drug-likeness (QED) is 0.782. The molecular weight excluding hydrogens is 204 g/mol. The SMILES string of the molecule is CCCc1c(N)ncnc1N1CCC(O)C1. The van der Waals surface area contributed by atoms with Crippen molar-refractivity contribution >= 4 is 11.6 Å². The van der Waals surface area contributed by atoms with Gasteiger partial charge in [0.25, 0.3) is 0 Å². The van der Waals surface area contributed by atoms with Crippen LogP contribution in [0.25, 0.3) is 0 Å². The first-order chi connectivity index (χ1) is 7.72. The lowest BCUT2D eigenvalue weighted by Gasteiger charge is -2.20. The minimum absolute atomic E-state index is 0.245. The van der Waals surface area contributed by atoms with Crippen molar-refractivity contribution in [2.75, 3.05) is 23.7 Å². The van der Waals surface area contributed by atoms with Gasteiger partial charge in [0.15, 0.2) is 0 Å². The topological polar surface area (TPSA) is 75.3 Å². The van der Waals surface area contributed by atoms with Gasteiger partial charge >= 0.3 is 0 Å². The first kappa shape index (κ1) is 11.1. The number of nitrogens with zero attached hydrogens (tertiary/aromatic N) is 3. The van der Waals surface area contributed by atoms with Gasteiger partial charge in [-0.15, -0.1) is 0 Å². The Morgan fingerprint density at radius 2 is 2.38 bits per heavy atom. The van der Waals surface area contributed by atoms with Crippen molar-refractivity contribution in [3.05, 3.63) is 11.9 Å². The summed E-state index contributed by atoms with van der Waals surface area (Å²) in [6.07, 6.45) is 3.95. The maximum Gasteiger partial charge on any atom is 0.137 e. The zero-order valence-corrected chi connectivity index (χ0v) is 9.56. The van der Waals surface area contributed by atoms with Crippen molar-refractivity contribution in [3.63, 3.8) is 0 Å².